The standard InChI is InChI=1S/C28H14F18S3/c29-21(30,23(33,34)25(37,38)27(41,42)43)3-1-13-5-11-7-15-16-8-12-6-14(48-18(12)10-20(16)49-19(15)9-17(11)47-13)2-4-22(31,32)24(35,36)26(39,40)28(44,45)46/h5-10H,1-4H2. The molecule has 270 valence electrons. The molecule has 0 unspecified atom stereocenters. The van der Waals surface area contributed by atoms with Crippen LogP contribution in [0.1, 0.15) is 22.6 Å². The van der Waals surface area contributed by atoms with Crippen molar-refractivity contribution in [3.05, 3.63) is 46.2 Å². The summed E-state index contributed by atoms with van der Waals surface area (Å²) in [4.78, 5) is -0.0778. The average Bonchev–Trinajstić information content (AvgIpc) is 3.64. The van der Waals surface area contributed by atoms with Gasteiger partial charge in [0.15, 0.2) is 0 Å². The van der Waals surface area contributed by atoms with Crippen molar-refractivity contribution in [1.82, 2.24) is 0 Å². The second-order valence-electron chi connectivity index (χ2n) is 11.0. The van der Waals surface area contributed by atoms with Gasteiger partial charge in [-0.25, -0.2) is 0 Å². The van der Waals surface area contributed by atoms with Gasteiger partial charge < -0.3 is 0 Å². The van der Waals surface area contributed by atoms with Crippen LogP contribution in [0.25, 0.3) is 40.3 Å². The lowest BCUT2D eigenvalue weighted by Crippen LogP contribution is -2.60. The van der Waals surface area contributed by atoms with Gasteiger partial charge in [0, 0.05) is 52.2 Å². The minimum atomic E-state index is -7.00. The lowest BCUT2D eigenvalue weighted by molar-refractivity contribution is -0.396. The van der Waals surface area contributed by atoms with Crippen LogP contribution in [-0.4, -0.2) is 47.9 Å². The first-order valence-corrected chi connectivity index (χ1v) is 15.7. The summed E-state index contributed by atoms with van der Waals surface area (Å²) < 4.78 is 240. The van der Waals surface area contributed by atoms with E-state index in [0.29, 0.717) is 40.3 Å². The van der Waals surface area contributed by atoms with Crippen LogP contribution in [0.5, 0.6) is 0 Å². The largest absolute Gasteiger partial charge is 0.460 e. The van der Waals surface area contributed by atoms with Crippen molar-refractivity contribution in [2.45, 2.75) is 73.6 Å². The second kappa shape index (κ2) is 11.4. The molecule has 0 fully saturated rings. The van der Waals surface area contributed by atoms with Gasteiger partial charge in [-0.05, 0) is 60.0 Å². The van der Waals surface area contributed by atoms with E-state index >= 15 is 0 Å². The normalized spacial score (nSPS) is 15.1. The molecule has 21 heteroatoms. The van der Waals surface area contributed by atoms with Crippen LogP contribution in [0, 0.1) is 0 Å². The van der Waals surface area contributed by atoms with Crippen molar-refractivity contribution >= 4 is 74.4 Å². The number of hydrogen-bond donors (Lipinski definition) is 0. The number of halogens is 18. The summed E-state index contributed by atoms with van der Waals surface area (Å²) in [5, 5.41) is 1.75. The Labute approximate surface area is 272 Å². The first kappa shape index (κ1) is 37.6. The third-order valence-electron chi connectivity index (χ3n) is 7.64. The minimum absolute atomic E-state index is 0.0389. The molecule has 0 nitrogen and oxygen atoms in total. The lowest BCUT2D eigenvalue weighted by Gasteiger charge is -2.33. The van der Waals surface area contributed by atoms with Gasteiger partial charge in [0.05, 0.1) is 0 Å². The molecule has 5 aromatic rings. The van der Waals surface area contributed by atoms with Crippen molar-refractivity contribution in [3.63, 3.8) is 0 Å². The smallest absolute Gasteiger partial charge is 0.200 e. The highest BCUT2D eigenvalue weighted by atomic mass is 32.1. The fourth-order valence-electron chi connectivity index (χ4n) is 4.89. The first-order chi connectivity index (χ1) is 22.0. The van der Waals surface area contributed by atoms with E-state index in [1.807, 2.05) is 0 Å². The highest BCUT2D eigenvalue weighted by Gasteiger charge is 2.82. The molecule has 0 aliphatic carbocycles. The Morgan fingerprint density at radius 2 is 0.694 bits per heavy atom. The molecule has 0 saturated carbocycles. The van der Waals surface area contributed by atoms with Gasteiger partial charge in [0.1, 0.15) is 0 Å². The molecule has 49 heavy (non-hydrogen) atoms. The van der Waals surface area contributed by atoms with Crippen LogP contribution < -0.4 is 0 Å². The zero-order valence-electron chi connectivity index (χ0n) is 23.3. The monoisotopic (exact) mass is 788 g/mol. The molecule has 0 bridgehead atoms. The molecule has 3 aromatic heterocycles. The summed E-state index contributed by atoms with van der Waals surface area (Å²) in [5.41, 5.74) is 0. The SMILES string of the molecule is FC(F)(F)C(F)(F)C(F)(F)C(F)(F)CCc1cc2cc3c(cc2s1)sc1cc2sc(CCC(F)(F)C(F)(F)C(F)(F)C(F)(F)F)cc2cc13. The van der Waals surface area contributed by atoms with Gasteiger partial charge in [-0.3, -0.25) is 0 Å². The molecule has 3 heterocycles. The molecule has 0 atom stereocenters. The van der Waals surface area contributed by atoms with Crippen LogP contribution in [-0.2, 0) is 12.8 Å². The van der Waals surface area contributed by atoms with Crippen LogP contribution >= 0.6 is 34.0 Å². The second-order valence-corrected chi connectivity index (χ2v) is 14.4. The van der Waals surface area contributed by atoms with E-state index in [4.69, 9.17) is 0 Å². The third kappa shape index (κ3) is 5.97. The lowest BCUT2D eigenvalue weighted by atomic mass is 9.99. The molecule has 0 aliphatic rings. The zero-order chi connectivity index (χ0) is 37.0. The quantitative estimate of drug-likeness (QED) is 0.124. The maximum absolute atomic E-state index is 14.0. The number of thiophene rings is 3. The number of aryl methyl sites for hydroxylation is 2. The topological polar surface area (TPSA) is 0 Å². The van der Waals surface area contributed by atoms with E-state index in [2.05, 4.69) is 0 Å². The minimum Gasteiger partial charge on any atom is -0.200 e. The molecule has 0 radical (unpaired) electrons. The van der Waals surface area contributed by atoms with E-state index in [1.165, 1.54) is 24.3 Å². The fraction of sp³-hybridized carbons (Fsp3) is 0.429. The van der Waals surface area contributed by atoms with Gasteiger partial charge >= 0.3 is 47.9 Å². The van der Waals surface area contributed by atoms with E-state index in [-0.39, 0.29) is 9.75 Å². The van der Waals surface area contributed by atoms with Gasteiger partial charge in [0.25, 0.3) is 0 Å². The molecular weight excluding hydrogens is 774 g/mol. The van der Waals surface area contributed by atoms with Crippen molar-refractivity contribution in [1.29, 1.82) is 0 Å². The maximum atomic E-state index is 14.0. The third-order valence-corrected chi connectivity index (χ3v) is 11.1. The molecular formula is C28H14F18S3. The van der Waals surface area contributed by atoms with E-state index in [9.17, 15) is 79.0 Å². The summed E-state index contributed by atoms with van der Waals surface area (Å²) in [5.74, 6) is -39.0. The summed E-state index contributed by atoms with van der Waals surface area (Å²) >= 11 is 2.76. The highest BCUT2D eigenvalue weighted by molar-refractivity contribution is 7.27. The Bertz CT molecular complexity index is 1880. The molecule has 0 saturated heterocycles. The van der Waals surface area contributed by atoms with Gasteiger partial charge in [-0.15, -0.1) is 34.0 Å². The predicted octanol–water partition coefficient (Wildman–Crippen LogP) is 13.3. The zero-order valence-corrected chi connectivity index (χ0v) is 25.8. The fourth-order valence-corrected chi connectivity index (χ4v) is 8.36. The van der Waals surface area contributed by atoms with Crippen LogP contribution in [0.2, 0.25) is 0 Å². The maximum Gasteiger partial charge on any atom is 0.460 e. The van der Waals surface area contributed by atoms with Crippen LogP contribution in [0.15, 0.2) is 36.4 Å². The number of benzene rings is 2. The Hall–Kier alpha value is -2.68. The molecule has 0 aliphatic heterocycles. The van der Waals surface area contributed by atoms with Crippen molar-refractivity contribution in [2.24, 2.45) is 0 Å². The van der Waals surface area contributed by atoms with E-state index in [0.717, 1.165) is 34.0 Å². The molecule has 0 spiro atoms. The van der Waals surface area contributed by atoms with Gasteiger partial charge in [0.2, 0.25) is 0 Å². The molecule has 0 N–H and O–H groups in total. The Morgan fingerprint density at radius 1 is 0.367 bits per heavy atom. The Kier molecular flexibility index (Phi) is 8.75. The number of hydrogen-bond acceptors (Lipinski definition) is 3. The summed E-state index contributed by atoms with van der Waals surface area (Å²) in [6.07, 6.45) is -19.9. The summed E-state index contributed by atoms with van der Waals surface area (Å²) in [6, 6.07) is 8.73. The number of fused-ring (bicyclic) bond motifs is 5. The predicted molar refractivity (Wildman–Crippen MR) is 149 cm³/mol. The van der Waals surface area contributed by atoms with E-state index in [1.54, 1.807) is 12.1 Å². The summed E-state index contributed by atoms with van der Waals surface area (Å²) in [6.45, 7) is 0. The van der Waals surface area contributed by atoms with Crippen molar-refractivity contribution in [2.75, 3.05) is 0 Å². The number of alkyl halides is 18. The Morgan fingerprint density at radius 3 is 1.00 bits per heavy atom. The van der Waals surface area contributed by atoms with Gasteiger partial charge in [-0.1, -0.05) is 0 Å². The van der Waals surface area contributed by atoms with Gasteiger partial charge in [-0.2, -0.15) is 79.0 Å². The molecule has 5 rings (SSSR count). The van der Waals surface area contributed by atoms with Crippen molar-refractivity contribution < 1.29 is 79.0 Å². The average molecular weight is 789 g/mol. The highest BCUT2D eigenvalue weighted by Crippen LogP contribution is 2.56. The first-order valence-electron chi connectivity index (χ1n) is 13.3. The summed E-state index contributed by atoms with van der Waals surface area (Å²) in [7, 11) is 0. The van der Waals surface area contributed by atoms with Crippen molar-refractivity contribution in [3.8, 4) is 0 Å². The van der Waals surface area contributed by atoms with Crippen LogP contribution in [0.4, 0.5) is 79.0 Å². The molecule has 0 amide bonds. The molecule has 2 aromatic carbocycles. The van der Waals surface area contributed by atoms with E-state index < -0.39 is 73.6 Å². The van der Waals surface area contributed by atoms with Crippen LogP contribution in [0.3, 0.4) is 0 Å². The number of rotatable bonds is 10. The Balaban J connectivity index is 1.38.